The van der Waals surface area contributed by atoms with Crippen LogP contribution in [0.15, 0.2) is 47.1 Å². The molecule has 0 unspecified atom stereocenters. The van der Waals surface area contributed by atoms with Gasteiger partial charge in [-0.1, -0.05) is 29.8 Å². The molecule has 1 aromatic rings. The maximum absolute atomic E-state index is 5.98. The number of thioether (sulfide) groups is 1. The van der Waals surface area contributed by atoms with Crippen LogP contribution in [0.5, 0.6) is 0 Å². The van der Waals surface area contributed by atoms with Gasteiger partial charge in [0.15, 0.2) is 0 Å². The predicted octanol–water partition coefficient (Wildman–Crippen LogP) is 4.28. The maximum Gasteiger partial charge on any atom is 0.0517 e. The Hall–Kier alpha value is -0.770. The Morgan fingerprint density at radius 1 is 1.11 bits per heavy atom. The summed E-state index contributed by atoms with van der Waals surface area (Å²) in [5.41, 5.74) is 2.21. The van der Waals surface area contributed by atoms with Crippen LogP contribution in [0.1, 0.15) is 0 Å². The van der Waals surface area contributed by atoms with Gasteiger partial charge in [-0.05, 0) is 24.3 Å². The van der Waals surface area contributed by atoms with Gasteiger partial charge in [0.25, 0.3) is 0 Å². The topological polar surface area (TPSA) is 6.48 Å². The fourth-order valence-electron chi connectivity index (χ4n) is 1.67. The van der Waals surface area contributed by atoms with E-state index in [0.717, 1.165) is 16.3 Å². The molecule has 0 N–H and O–H groups in total. The molecular weight excluding hydrogens is 287 g/mol. The van der Waals surface area contributed by atoms with Gasteiger partial charge in [0.2, 0.25) is 0 Å². The van der Waals surface area contributed by atoms with Gasteiger partial charge in [0.05, 0.1) is 5.70 Å². The molecule has 0 aromatic heterocycles. The zero-order chi connectivity index (χ0) is 13.3. The minimum absolute atomic E-state index is 0.667. The van der Waals surface area contributed by atoms with Crippen LogP contribution < -0.4 is 0 Å². The molecule has 0 saturated carbocycles. The SMILES string of the molecule is C=C1C=C(CSc2cc(Cl)cc(Cl)c2)N(C)N1C. The van der Waals surface area contributed by atoms with Crippen LogP contribution in [0, 0.1) is 0 Å². The number of hydrogen-bond donors (Lipinski definition) is 0. The van der Waals surface area contributed by atoms with Crippen LogP contribution in [0.2, 0.25) is 10.0 Å². The second-order valence-corrected chi connectivity index (χ2v) is 5.99. The van der Waals surface area contributed by atoms with Gasteiger partial charge in [0, 0.05) is 40.5 Å². The lowest BCUT2D eigenvalue weighted by molar-refractivity contribution is 0.135. The van der Waals surface area contributed by atoms with E-state index in [9.17, 15) is 0 Å². The standard InChI is InChI=1S/C13H14Cl2N2S/c1-9-4-12(17(3)16(9)2)8-18-13-6-10(14)5-11(15)7-13/h4-7H,1,8H2,2-3H3. The molecule has 0 amide bonds. The number of rotatable bonds is 3. The summed E-state index contributed by atoms with van der Waals surface area (Å²) < 4.78 is 0. The lowest BCUT2D eigenvalue weighted by Crippen LogP contribution is -2.29. The van der Waals surface area contributed by atoms with E-state index in [-0.39, 0.29) is 0 Å². The Balaban J connectivity index is 2.04. The summed E-state index contributed by atoms with van der Waals surface area (Å²) in [6.07, 6.45) is 2.08. The van der Waals surface area contributed by atoms with Crippen molar-refractivity contribution >= 4 is 35.0 Å². The van der Waals surface area contributed by atoms with E-state index in [1.165, 1.54) is 5.70 Å². The highest BCUT2D eigenvalue weighted by Crippen LogP contribution is 2.30. The third-order valence-corrected chi connectivity index (χ3v) is 4.28. The molecule has 0 bridgehead atoms. The molecule has 1 heterocycles. The van der Waals surface area contributed by atoms with Crippen LogP contribution in [-0.4, -0.2) is 29.9 Å². The molecule has 1 aromatic carbocycles. The minimum Gasteiger partial charge on any atom is -0.292 e. The molecule has 2 nitrogen and oxygen atoms in total. The van der Waals surface area contributed by atoms with Crippen molar-refractivity contribution in [3.05, 3.63) is 52.3 Å². The molecule has 0 aliphatic carbocycles. The highest BCUT2D eigenvalue weighted by molar-refractivity contribution is 7.99. The highest BCUT2D eigenvalue weighted by Gasteiger charge is 2.18. The summed E-state index contributed by atoms with van der Waals surface area (Å²) in [5, 5.41) is 5.43. The van der Waals surface area contributed by atoms with Crippen molar-refractivity contribution in [3.8, 4) is 0 Å². The van der Waals surface area contributed by atoms with Crippen molar-refractivity contribution in [3.63, 3.8) is 0 Å². The van der Waals surface area contributed by atoms with Crippen LogP contribution in [0.4, 0.5) is 0 Å². The van der Waals surface area contributed by atoms with Crippen LogP contribution in [0.25, 0.3) is 0 Å². The summed E-state index contributed by atoms with van der Waals surface area (Å²) >= 11 is 13.7. The number of hydrogen-bond acceptors (Lipinski definition) is 3. The lowest BCUT2D eigenvalue weighted by atomic mass is 10.4. The van der Waals surface area contributed by atoms with E-state index in [2.05, 4.69) is 17.7 Å². The van der Waals surface area contributed by atoms with Crippen LogP contribution in [-0.2, 0) is 0 Å². The fraction of sp³-hybridized carbons (Fsp3) is 0.231. The van der Waals surface area contributed by atoms with E-state index in [1.807, 2.05) is 31.2 Å². The van der Waals surface area contributed by atoms with Crippen molar-refractivity contribution in [2.24, 2.45) is 0 Å². The second-order valence-electron chi connectivity index (χ2n) is 4.07. The third kappa shape index (κ3) is 2.97. The summed E-state index contributed by atoms with van der Waals surface area (Å²) in [4.78, 5) is 1.07. The normalized spacial score (nSPS) is 15.3. The lowest BCUT2D eigenvalue weighted by Gasteiger charge is -2.26. The van der Waals surface area contributed by atoms with Crippen LogP contribution in [0.3, 0.4) is 0 Å². The van der Waals surface area contributed by atoms with Crippen molar-refractivity contribution < 1.29 is 0 Å². The summed E-state index contributed by atoms with van der Waals surface area (Å²) in [6.45, 7) is 3.98. The first-order valence-electron chi connectivity index (χ1n) is 5.43. The molecule has 18 heavy (non-hydrogen) atoms. The molecule has 0 fully saturated rings. The summed E-state index contributed by atoms with van der Waals surface area (Å²) in [7, 11) is 4.02. The molecule has 2 rings (SSSR count). The Kier molecular flexibility index (Phi) is 4.15. The molecule has 0 radical (unpaired) electrons. The predicted molar refractivity (Wildman–Crippen MR) is 79.9 cm³/mol. The first kappa shape index (κ1) is 13.7. The average Bonchev–Trinajstić information content (AvgIpc) is 2.53. The van der Waals surface area contributed by atoms with Gasteiger partial charge < -0.3 is 0 Å². The molecule has 0 atom stereocenters. The van der Waals surface area contributed by atoms with Gasteiger partial charge >= 0.3 is 0 Å². The molecule has 0 spiro atoms. The van der Waals surface area contributed by atoms with E-state index in [1.54, 1.807) is 17.8 Å². The molecule has 1 aliphatic rings. The highest BCUT2D eigenvalue weighted by atomic mass is 35.5. The van der Waals surface area contributed by atoms with Gasteiger partial charge in [-0.3, -0.25) is 10.0 Å². The van der Waals surface area contributed by atoms with Gasteiger partial charge in [-0.25, -0.2) is 0 Å². The van der Waals surface area contributed by atoms with E-state index >= 15 is 0 Å². The molecule has 1 aliphatic heterocycles. The van der Waals surface area contributed by atoms with Crippen molar-refractivity contribution in [1.29, 1.82) is 0 Å². The van der Waals surface area contributed by atoms with Crippen LogP contribution >= 0.6 is 35.0 Å². The number of benzene rings is 1. The first-order valence-corrected chi connectivity index (χ1v) is 7.17. The monoisotopic (exact) mass is 300 g/mol. The summed E-state index contributed by atoms with van der Waals surface area (Å²) in [6, 6.07) is 5.59. The molecule has 0 saturated heterocycles. The molecule has 5 heteroatoms. The second kappa shape index (κ2) is 5.47. The van der Waals surface area contributed by atoms with Gasteiger partial charge in [-0.2, -0.15) is 0 Å². The number of hydrazine groups is 1. The zero-order valence-electron chi connectivity index (χ0n) is 10.3. The minimum atomic E-state index is 0.667. The fourth-order valence-corrected chi connectivity index (χ4v) is 3.33. The number of nitrogens with zero attached hydrogens (tertiary/aromatic N) is 2. The number of allylic oxidation sites excluding steroid dienone is 1. The Labute approximate surface area is 122 Å². The number of likely N-dealkylation sites (N-methyl/N-ethyl adjacent to an activating group) is 1. The van der Waals surface area contributed by atoms with Crippen molar-refractivity contribution in [2.45, 2.75) is 4.90 Å². The number of halogens is 2. The summed E-state index contributed by atoms with van der Waals surface area (Å²) in [5.74, 6) is 0.858. The largest absolute Gasteiger partial charge is 0.292 e. The first-order chi connectivity index (χ1) is 8.47. The Bertz CT molecular complexity index is 493. The third-order valence-electron chi connectivity index (χ3n) is 2.84. The van der Waals surface area contributed by atoms with E-state index in [4.69, 9.17) is 23.2 Å². The quantitative estimate of drug-likeness (QED) is 0.770. The average molecular weight is 301 g/mol. The van der Waals surface area contributed by atoms with E-state index in [0.29, 0.717) is 10.0 Å². The van der Waals surface area contributed by atoms with Crippen molar-refractivity contribution in [1.82, 2.24) is 10.0 Å². The molecule has 96 valence electrons. The molecular formula is C13H14Cl2N2S. The van der Waals surface area contributed by atoms with Gasteiger partial charge in [-0.15, -0.1) is 11.8 Å². The maximum atomic E-state index is 5.98. The smallest absolute Gasteiger partial charge is 0.0517 e. The Morgan fingerprint density at radius 2 is 1.72 bits per heavy atom. The van der Waals surface area contributed by atoms with E-state index < -0.39 is 0 Å². The van der Waals surface area contributed by atoms with Crippen molar-refractivity contribution in [2.75, 3.05) is 19.8 Å². The Morgan fingerprint density at radius 3 is 2.22 bits per heavy atom. The van der Waals surface area contributed by atoms with Gasteiger partial charge in [0.1, 0.15) is 0 Å². The zero-order valence-corrected chi connectivity index (χ0v) is 12.6.